The summed E-state index contributed by atoms with van der Waals surface area (Å²) in [5.74, 6) is -0.281. The Bertz CT molecular complexity index is 864. The van der Waals surface area contributed by atoms with Crippen molar-refractivity contribution in [3.63, 3.8) is 0 Å². The van der Waals surface area contributed by atoms with Gasteiger partial charge in [-0.15, -0.1) is 0 Å². The number of anilines is 1. The highest BCUT2D eigenvalue weighted by Gasteiger charge is 2.23. The lowest BCUT2D eigenvalue weighted by Crippen LogP contribution is -2.40. The molecule has 2 aliphatic rings. The molecule has 130 valence electrons. The molecule has 1 aromatic heterocycles. The molecule has 1 aromatic carbocycles. The van der Waals surface area contributed by atoms with Crippen LogP contribution < -0.4 is 10.7 Å². The van der Waals surface area contributed by atoms with Crippen molar-refractivity contribution in [3.05, 3.63) is 29.5 Å². The van der Waals surface area contributed by atoms with Crippen LogP contribution >= 0.6 is 0 Å². The zero-order valence-corrected chi connectivity index (χ0v) is 14.1. The smallest absolute Gasteiger partial charge is 0.321 e. The first-order valence-corrected chi connectivity index (χ1v) is 8.66. The maximum atomic E-state index is 12.6. The van der Waals surface area contributed by atoms with Crippen molar-refractivity contribution < 1.29 is 9.59 Å². The summed E-state index contributed by atoms with van der Waals surface area (Å²) in [5.41, 5.74) is 5.23. The molecule has 1 fully saturated rings. The van der Waals surface area contributed by atoms with Crippen molar-refractivity contribution in [2.45, 2.75) is 38.1 Å². The van der Waals surface area contributed by atoms with E-state index in [9.17, 15) is 9.59 Å². The monoisotopic (exact) mass is 339 g/mol. The first-order chi connectivity index (χ1) is 12.1. The molecule has 1 aliphatic carbocycles. The summed E-state index contributed by atoms with van der Waals surface area (Å²) in [6, 6.07) is 3.70. The molecule has 1 saturated carbocycles. The van der Waals surface area contributed by atoms with Crippen molar-refractivity contribution in [1.29, 1.82) is 0 Å². The van der Waals surface area contributed by atoms with Crippen LogP contribution in [0.25, 0.3) is 10.9 Å². The second-order valence-electron chi connectivity index (χ2n) is 6.72. The van der Waals surface area contributed by atoms with E-state index in [1.807, 2.05) is 13.1 Å². The Morgan fingerprint density at radius 1 is 1.28 bits per heavy atom. The molecular weight excluding hydrogens is 318 g/mol. The lowest BCUT2D eigenvalue weighted by atomic mass is 9.95. The summed E-state index contributed by atoms with van der Waals surface area (Å²) in [4.78, 5) is 29.8. The minimum atomic E-state index is -0.281. The molecule has 0 radical (unpaired) electrons. The Morgan fingerprint density at radius 2 is 2.08 bits per heavy atom. The third kappa shape index (κ3) is 2.86. The highest BCUT2D eigenvalue weighted by molar-refractivity contribution is 6.15. The average molecular weight is 339 g/mol. The number of urea groups is 1. The van der Waals surface area contributed by atoms with E-state index in [0.717, 1.165) is 29.3 Å². The quantitative estimate of drug-likeness (QED) is 0.785. The van der Waals surface area contributed by atoms with Gasteiger partial charge in [-0.25, -0.2) is 10.2 Å². The Labute approximate surface area is 145 Å². The van der Waals surface area contributed by atoms with Crippen molar-refractivity contribution in [2.24, 2.45) is 5.10 Å². The first-order valence-electron chi connectivity index (χ1n) is 8.66. The number of rotatable bonds is 2. The van der Waals surface area contributed by atoms with Gasteiger partial charge in [0.25, 0.3) is 5.91 Å². The number of amides is 3. The van der Waals surface area contributed by atoms with Gasteiger partial charge in [-0.3, -0.25) is 4.79 Å². The topological polar surface area (TPSA) is 89.6 Å². The van der Waals surface area contributed by atoms with Crippen LogP contribution in [0.2, 0.25) is 0 Å². The van der Waals surface area contributed by atoms with E-state index in [1.165, 1.54) is 19.3 Å². The van der Waals surface area contributed by atoms with Gasteiger partial charge in [0.15, 0.2) is 0 Å². The maximum Gasteiger partial charge on any atom is 0.321 e. The predicted octanol–water partition coefficient (Wildman–Crippen LogP) is 3.04. The fourth-order valence-corrected chi connectivity index (χ4v) is 3.71. The van der Waals surface area contributed by atoms with Gasteiger partial charge in [0, 0.05) is 41.4 Å². The van der Waals surface area contributed by atoms with Gasteiger partial charge < -0.3 is 15.2 Å². The molecule has 1 aliphatic heterocycles. The van der Waals surface area contributed by atoms with Gasteiger partial charge in [0.2, 0.25) is 0 Å². The molecule has 7 heteroatoms. The highest BCUT2D eigenvalue weighted by atomic mass is 16.2. The van der Waals surface area contributed by atoms with E-state index >= 15 is 0 Å². The fourth-order valence-electron chi connectivity index (χ4n) is 3.71. The molecule has 3 amide bonds. The molecule has 0 unspecified atom stereocenters. The van der Waals surface area contributed by atoms with E-state index in [-0.39, 0.29) is 18.0 Å². The highest BCUT2D eigenvalue weighted by Crippen LogP contribution is 2.28. The lowest BCUT2D eigenvalue weighted by Gasteiger charge is -2.31. The fraction of sp³-hybridized carbons (Fsp3) is 0.389. The van der Waals surface area contributed by atoms with E-state index in [0.29, 0.717) is 11.3 Å². The van der Waals surface area contributed by atoms with Gasteiger partial charge >= 0.3 is 6.03 Å². The van der Waals surface area contributed by atoms with E-state index in [2.05, 4.69) is 20.8 Å². The van der Waals surface area contributed by atoms with E-state index in [4.69, 9.17) is 0 Å². The number of hydrogen-bond acceptors (Lipinski definition) is 3. The van der Waals surface area contributed by atoms with Crippen LogP contribution in [-0.2, 0) is 0 Å². The van der Waals surface area contributed by atoms with Gasteiger partial charge in [-0.2, -0.15) is 5.10 Å². The zero-order chi connectivity index (χ0) is 17.4. The molecule has 7 nitrogen and oxygen atoms in total. The summed E-state index contributed by atoms with van der Waals surface area (Å²) in [6.07, 6.45) is 9.11. The molecule has 25 heavy (non-hydrogen) atoms. The number of hydrazone groups is 1. The standard InChI is InChI=1S/C18H21N5O2/c1-23(13-5-3-2-4-6-13)18(25)21-12-7-14-16-11(9-19-15(16)8-12)10-20-22-17(14)24/h7-10,13,19H,2-6H2,1H3,(H,21,25)(H,22,24). The van der Waals surface area contributed by atoms with Crippen LogP contribution in [0.4, 0.5) is 10.5 Å². The van der Waals surface area contributed by atoms with Crippen LogP contribution in [0, 0.1) is 0 Å². The zero-order valence-electron chi connectivity index (χ0n) is 14.1. The lowest BCUT2D eigenvalue weighted by molar-refractivity contribution is 0.0957. The molecule has 4 rings (SSSR count). The minimum Gasteiger partial charge on any atom is -0.360 e. The number of nitrogens with one attached hydrogen (secondary N) is 3. The number of aromatic nitrogens is 1. The van der Waals surface area contributed by atoms with Crippen LogP contribution in [0.15, 0.2) is 23.4 Å². The molecule has 0 spiro atoms. The Morgan fingerprint density at radius 3 is 2.88 bits per heavy atom. The van der Waals surface area contributed by atoms with Gasteiger partial charge in [0.05, 0.1) is 11.8 Å². The van der Waals surface area contributed by atoms with Gasteiger partial charge in [0.1, 0.15) is 0 Å². The molecule has 2 aromatic rings. The molecule has 0 saturated heterocycles. The van der Waals surface area contributed by atoms with Crippen molar-refractivity contribution in [1.82, 2.24) is 15.3 Å². The minimum absolute atomic E-state index is 0.143. The van der Waals surface area contributed by atoms with E-state index < -0.39 is 0 Å². The Balaban J connectivity index is 1.61. The van der Waals surface area contributed by atoms with Gasteiger partial charge in [-0.05, 0) is 25.0 Å². The summed E-state index contributed by atoms with van der Waals surface area (Å²) < 4.78 is 0. The number of carbonyl (C=O) groups is 2. The molecule has 0 bridgehead atoms. The number of benzene rings is 1. The van der Waals surface area contributed by atoms with Crippen molar-refractivity contribution in [3.8, 4) is 0 Å². The second-order valence-corrected chi connectivity index (χ2v) is 6.72. The van der Waals surface area contributed by atoms with Crippen LogP contribution in [0.1, 0.15) is 48.0 Å². The summed E-state index contributed by atoms with van der Waals surface area (Å²) in [7, 11) is 1.84. The largest absolute Gasteiger partial charge is 0.360 e. The van der Waals surface area contributed by atoms with Gasteiger partial charge in [-0.1, -0.05) is 19.3 Å². The number of aromatic amines is 1. The summed E-state index contributed by atoms with van der Waals surface area (Å²) in [5, 5.41) is 7.65. The normalized spacial score (nSPS) is 17.2. The number of nitrogens with zero attached hydrogens (tertiary/aromatic N) is 2. The SMILES string of the molecule is CN(C(=O)Nc1cc2c3c(c[nH]c3c1)C=NNC2=O)C1CCCCC1. The number of hydrogen-bond donors (Lipinski definition) is 3. The maximum absolute atomic E-state index is 12.6. The third-order valence-corrected chi connectivity index (χ3v) is 5.12. The second kappa shape index (κ2) is 6.23. The van der Waals surface area contributed by atoms with E-state index in [1.54, 1.807) is 23.4 Å². The average Bonchev–Trinajstić information content (AvgIpc) is 2.96. The molecule has 0 atom stereocenters. The third-order valence-electron chi connectivity index (χ3n) is 5.12. The number of H-pyrrole nitrogens is 1. The molecule has 3 N–H and O–H groups in total. The first kappa shape index (κ1) is 15.7. The number of carbonyl (C=O) groups excluding carboxylic acids is 2. The van der Waals surface area contributed by atoms with Crippen LogP contribution in [-0.4, -0.2) is 41.1 Å². The predicted molar refractivity (Wildman–Crippen MR) is 97.0 cm³/mol. The van der Waals surface area contributed by atoms with Crippen molar-refractivity contribution >= 4 is 34.7 Å². The summed E-state index contributed by atoms with van der Waals surface area (Å²) in [6.45, 7) is 0. The van der Waals surface area contributed by atoms with Crippen LogP contribution in [0.5, 0.6) is 0 Å². The Hall–Kier alpha value is -2.83. The molecular formula is C18H21N5O2. The molecule has 2 heterocycles. The Kier molecular flexibility index (Phi) is 3.91. The summed E-state index contributed by atoms with van der Waals surface area (Å²) >= 11 is 0. The van der Waals surface area contributed by atoms with Crippen LogP contribution in [0.3, 0.4) is 0 Å². The van der Waals surface area contributed by atoms with Crippen molar-refractivity contribution in [2.75, 3.05) is 12.4 Å².